The number of hydrogen-bond donors (Lipinski definition) is 2. The minimum Gasteiger partial charge on any atom is -0.326 e. The Labute approximate surface area is 166 Å². The highest BCUT2D eigenvalue weighted by molar-refractivity contribution is 5.99. The second-order valence-electron chi connectivity index (χ2n) is 7.75. The van der Waals surface area contributed by atoms with Gasteiger partial charge in [0.25, 0.3) is 0 Å². The number of fused-ring (bicyclic) bond motifs is 1. The number of hydrogen-bond acceptors (Lipinski definition) is 3. The van der Waals surface area contributed by atoms with E-state index in [1.165, 1.54) is 16.7 Å². The lowest BCUT2D eigenvalue weighted by Crippen LogP contribution is -2.32. The number of anilines is 1. The Hall–Kier alpha value is -2.72. The number of benzene rings is 2. The first-order valence-corrected chi connectivity index (χ1v) is 10.1. The van der Waals surface area contributed by atoms with E-state index in [-0.39, 0.29) is 17.7 Å². The largest absolute Gasteiger partial charge is 0.326 e. The van der Waals surface area contributed by atoms with Crippen LogP contribution in [-0.2, 0) is 11.2 Å². The van der Waals surface area contributed by atoms with Gasteiger partial charge in [-0.15, -0.1) is 0 Å². The van der Waals surface area contributed by atoms with E-state index in [9.17, 15) is 9.59 Å². The van der Waals surface area contributed by atoms with Crippen LogP contribution < -0.4 is 10.6 Å². The molecule has 4 nitrogen and oxygen atoms in total. The van der Waals surface area contributed by atoms with Crippen molar-refractivity contribution in [3.05, 3.63) is 70.8 Å². The number of nitrogens with one attached hydrogen (secondary N) is 2. The maximum Gasteiger partial charge on any atom is 0.224 e. The van der Waals surface area contributed by atoms with Crippen LogP contribution in [0.25, 0.3) is 5.57 Å². The molecule has 0 aromatic heterocycles. The summed E-state index contributed by atoms with van der Waals surface area (Å²) in [6.45, 7) is 3.04. The number of ketones is 1. The Balaban J connectivity index is 1.40. The number of carbonyl (C=O) groups excluding carboxylic acids is 2. The standard InChI is InChI=1S/C24H26N2O2/c1-16-2-4-17(5-3-16)18-12-13-25-21(15-18)8-10-23(27)20-6-9-22-19(14-20)7-11-24(28)26-22/h2-6,9,14-15,21,25H,7-8,10-13H2,1H3,(H,26,28). The van der Waals surface area contributed by atoms with Crippen LogP contribution in [0.4, 0.5) is 5.69 Å². The fraction of sp³-hybridized carbons (Fsp3) is 0.333. The summed E-state index contributed by atoms with van der Waals surface area (Å²) in [5.41, 5.74) is 6.55. The van der Waals surface area contributed by atoms with Gasteiger partial charge in [-0.25, -0.2) is 0 Å². The van der Waals surface area contributed by atoms with Crippen LogP contribution >= 0.6 is 0 Å². The molecule has 0 fully saturated rings. The second-order valence-corrected chi connectivity index (χ2v) is 7.75. The summed E-state index contributed by atoms with van der Waals surface area (Å²) < 4.78 is 0. The molecule has 1 amide bonds. The summed E-state index contributed by atoms with van der Waals surface area (Å²) in [6.07, 6.45) is 5.80. The van der Waals surface area contributed by atoms with Crippen LogP contribution in [0.15, 0.2) is 48.5 Å². The van der Waals surface area contributed by atoms with Gasteiger partial charge in [-0.05, 0) is 67.6 Å². The van der Waals surface area contributed by atoms with Crippen molar-refractivity contribution in [3.63, 3.8) is 0 Å². The van der Waals surface area contributed by atoms with Crippen LogP contribution in [0.5, 0.6) is 0 Å². The van der Waals surface area contributed by atoms with Crippen molar-refractivity contribution in [3.8, 4) is 0 Å². The third kappa shape index (κ3) is 4.23. The second kappa shape index (κ2) is 8.11. The predicted octanol–water partition coefficient (Wildman–Crippen LogP) is 4.29. The smallest absolute Gasteiger partial charge is 0.224 e. The van der Waals surface area contributed by atoms with Crippen molar-refractivity contribution in [1.29, 1.82) is 0 Å². The van der Waals surface area contributed by atoms with Gasteiger partial charge in [0, 0.05) is 30.1 Å². The Morgan fingerprint density at radius 3 is 2.71 bits per heavy atom. The maximum atomic E-state index is 12.7. The van der Waals surface area contributed by atoms with Crippen LogP contribution in [0.3, 0.4) is 0 Å². The van der Waals surface area contributed by atoms with Crippen LogP contribution in [0, 0.1) is 6.92 Å². The van der Waals surface area contributed by atoms with Gasteiger partial charge in [-0.1, -0.05) is 35.9 Å². The summed E-state index contributed by atoms with van der Waals surface area (Å²) in [5.74, 6) is 0.212. The molecule has 2 aliphatic rings. The molecule has 4 rings (SSSR count). The van der Waals surface area contributed by atoms with Crippen LogP contribution in [0.2, 0.25) is 0 Å². The summed E-state index contributed by atoms with van der Waals surface area (Å²) >= 11 is 0. The molecule has 0 saturated heterocycles. The van der Waals surface area contributed by atoms with Crippen LogP contribution in [0.1, 0.15) is 52.7 Å². The summed E-state index contributed by atoms with van der Waals surface area (Å²) in [5, 5.41) is 6.38. The average molecular weight is 374 g/mol. The number of amides is 1. The SMILES string of the molecule is Cc1ccc(C2=CC(CCC(=O)c3ccc4c(c3)CCC(=O)N4)NCC2)cc1. The van der Waals surface area contributed by atoms with E-state index in [0.717, 1.165) is 36.2 Å². The Kier molecular flexibility index (Phi) is 5.40. The lowest BCUT2D eigenvalue weighted by molar-refractivity contribution is -0.116. The summed E-state index contributed by atoms with van der Waals surface area (Å²) in [7, 11) is 0. The normalized spacial score (nSPS) is 18.8. The summed E-state index contributed by atoms with van der Waals surface area (Å²) in [6, 6.07) is 14.5. The quantitative estimate of drug-likeness (QED) is 0.768. The Morgan fingerprint density at radius 1 is 1.07 bits per heavy atom. The number of aryl methyl sites for hydroxylation is 2. The van der Waals surface area contributed by atoms with Gasteiger partial charge < -0.3 is 10.6 Å². The van der Waals surface area contributed by atoms with Gasteiger partial charge in [0.15, 0.2) is 5.78 Å². The number of Topliss-reactive ketones (excluding diaryl/α,β-unsaturated/α-hetero) is 1. The zero-order valence-corrected chi connectivity index (χ0v) is 16.3. The molecule has 2 aromatic rings. The van der Waals surface area contributed by atoms with Gasteiger partial charge in [0.1, 0.15) is 0 Å². The van der Waals surface area contributed by atoms with E-state index in [4.69, 9.17) is 0 Å². The first-order chi connectivity index (χ1) is 13.6. The van der Waals surface area contributed by atoms with Gasteiger partial charge in [-0.2, -0.15) is 0 Å². The molecule has 2 heterocycles. The maximum absolute atomic E-state index is 12.7. The molecule has 0 spiro atoms. The molecular formula is C24H26N2O2. The van der Waals surface area contributed by atoms with Crippen molar-refractivity contribution >= 4 is 23.0 Å². The van der Waals surface area contributed by atoms with Crippen molar-refractivity contribution in [1.82, 2.24) is 5.32 Å². The molecule has 4 heteroatoms. The first kappa shape index (κ1) is 18.6. The molecule has 0 bridgehead atoms. The zero-order chi connectivity index (χ0) is 19.5. The van der Waals surface area contributed by atoms with Crippen molar-refractivity contribution in [2.24, 2.45) is 0 Å². The fourth-order valence-electron chi connectivity index (χ4n) is 3.96. The Morgan fingerprint density at radius 2 is 1.89 bits per heavy atom. The van der Waals surface area contributed by atoms with E-state index in [2.05, 4.69) is 47.9 Å². The van der Waals surface area contributed by atoms with Gasteiger partial charge in [0.2, 0.25) is 5.91 Å². The molecular weight excluding hydrogens is 348 g/mol. The van der Waals surface area contributed by atoms with Gasteiger partial charge in [-0.3, -0.25) is 9.59 Å². The van der Waals surface area contributed by atoms with E-state index < -0.39 is 0 Å². The lowest BCUT2D eigenvalue weighted by Gasteiger charge is -2.23. The van der Waals surface area contributed by atoms with E-state index in [1.807, 2.05) is 18.2 Å². The monoisotopic (exact) mass is 374 g/mol. The molecule has 2 aliphatic heterocycles. The van der Waals surface area contributed by atoms with E-state index in [1.54, 1.807) is 0 Å². The third-order valence-corrected chi connectivity index (χ3v) is 5.63. The highest BCUT2D eigenvalue weighted by atomic mass is 16.1. The molecule has 1 atom stereocenters. The minimum atomic E-state index is 0.0473. The summed E-state index contributed by atoms with van der Waals surface area (Å²) in [4.78, 5) is 24.2. The molecule has 2 aromatic carbocycles. The molecule has 28 heavy (non-hydrogen) atoms. The molecule has 0 saturated carbocycles. The molecule has 1 unspecified atom stereocenters. The molecule has 0 aliphatic carbocycles. The molecule has 144 valence electrons. The fourth-order valence-corrected chi connectivity index (χ4v) is 3.96. The topological polar surface area (TPSA) is 58.2 Å². The lowest BCUT2D eigenvalue weighted by atomic mass is 9.93. The zero-order valence-electron chi connectivity index (χ0n) is 16.3. The highest BCUT2D eigenvalue weighted by Gasteiger charge is 2.19. The third-order valence-electron chi connectivity index (χ3n) is 5.63. The van der Waals surface area contributed by atoms with Crippen molar-refractivity contribution in [2.45, 2.75) is 45.1 Å². The van der Waals surface area contributed by atoms with Crippen LogP contribution in [-0.4, -0.2) is 24.3 Å². The Bertz CT molecular complexity index is 928. The molecule has 2 N–H and O–H groups in total. The van der Waals surface area contributed by atoms with Crippen molar-refractivity contribution in [2.75, 3.05) is 11.9 Å². The van der Waals surface area contributed by atoms with Gasteiger partial charge >= 0.3 is 0 Å². The van der Waals surface area contributed by atoms with Crippen molar-refractivity contribution < 1.29 is 9.59 Å². The van der Waals surface area contributed by atoms with E-state index >= 15 is 0 Å². The average Bonchev–Trinajstić information content (AvgIpc) is 2.72. The number of carbonyl (C=O) groups is 2. The number of rotatable bonds is 5. The van der Waals surface area contributed by atoms with E-state index in [0.29, 0.717) is 19.3 Å². The first-order valence-electron chi connectivity index (χ1n) is 10.1. The minimum absolute atomic E-state index is 0.0473. The van der Waals surface area contributed by atoms with Gasteiger partial charge in [0.05, 0.1) is 0 Å². The highest BCUT2D eigenvalue weighted by Crippen LogP contribution is 2.26. The predicted molar refractivity (Wildman–Crippen MR) is 113 cm³/mol. The molecule has 0 radical (unpaired) electrons.